The lowest BCUT2D eigenvalue weighted by Gasteiger charge is -2.18. The first-order chi connectivity index (χ1) is 20.0. The van der Waals surface area contributed by atoms with Gasteiger partial charge in [0.05, 0.1) is 0 Å². The molecule has 0 spiro atoms. The average Bonchev–Trinajstić information content (AvgIpc) is 2.96. The van der Waals surface area contributed by atoms with E-state index in [2.05, 4.69) is 20.8 Å². The third-order valence-corrected chi connectivity index (χ3v) is 7.61. The lowest BCUT2D eigenvalue weighted by Crippen LogP contribution is -2.30. The van der Waals surface area contributed by atoms with E-state index in [-0.39, 0.29) is 31.1 Å². The van der Waals surface area contributed by atoms with Crippen molar-refractivity contribution in [2.75, 3.05) is 13.2 Å². The van der Waals surface area contributed by atoms with E-state index in [1.54, 1.807) is 0 Å². The topological polar surface area (TPSA) is 78.9 Å². The fourth-order valence-electron chi connectivity index (χ4n) is 4.91. The van der Waals surface area contributed by atoms with Crippen molar-refractivity contribution in [2.45, 2.75) is 194 Å². The van der Waals surface area contributed by atoms with E-state index in [1.165, 1.54) is 83.5 Å². The summed E-state index contributed by atoms with van der Waals surface area (Å²) in [6.45, 7) is 6.48. The van der Waals surface area contributed by atoms with Crippen molar-refractivity contribution in [3.63, 3.8) is 0 Å². The summed E-state index contributed by atoms with van der Waals surface area (Å²) in [7, 11) is 0. The van der Waals surface area contributed by atoms with E-state index >= 15 is 0 Å². The molecule has 41 heavy (non-hydrogen) atoms. The van der Waals surface area contributed by atoms with E-state index in [9.17, 15) is 14.4 Å². The Kier molecular flexibility index (Phi) is 30.1. The minimum atomic E-state index is -0.752. The summed E-state index contributed by atoms with van der Waals surface area (Å²) in [6, 6.07) is 0. The third kappa shape index (κ3) is 29.7. The van der Waals surface area contributed by atoms with Crippen LogP contribution in [-0.2, 0) is 28.6 Å². The van der Waals surface area contributed by atoms with Gasteiger partial charge in [-0.15, -0.1) is 0 Å². The normalized spacial score (nSPS) is 11.8. The van der Waals surface area contributed by atoms with E-state index in [0.29, 0.717) is 19.3 Å². The molecule has 6 heteroatoms. The van der Waals surface area contributed by atoms with Gasteiger partial charge in [0.1, 0.15) is 13.2 Å². The average molecular weight is 583 g/mol. The maximum absolute atomic E-state index is 12.4. The highest BCUT2D eigenvalue weighted by Crippen LogP contribution is 2.13. The quantitative estimate of drug-likeness (QED) is 0.0459. The molecule has 0 aliphatic rings. The monoisotopic (exact) mass is 582 g/mol. The van der Waals surface area contributed by atoms with Crippen LogP contribution in [0.4, 0.5) is 0 Å². The minimum absolute atomic E-state index is 0.0661. The van der Waals surface area contributed by atoms with Gasteiger partial charge >= 0.3 is 17.9 Å². The van der Waals surface area contributed by atoms with E-state index in [4.69, 9.17) is 14.2 Å². The Labute approximate surface area is 253 Å². The SMILES string of the molecule is CCCCCCCCCCCCCC(=O)OC[C@@H](COC(=O)CCCCCCC)OC(=O)CCCCCCCCC. The third-order valence-electron chi connectivity index (χ3n) is 7.61. The Morgan fingerprint density at radius 2 is 0.659 bits per heavy atom. The molecule has 0 N–H and O–H groups in total. The van der Waals surface area contributed by atoms with Gasteiger partial charge in [-0.05, 0) is 19.3 Å². The second-order valence-electron chi connectivity index (χ2n) is 11.8. The first-order valence-corrected chi connectivity index (χ1v) is 17.5. The molecule has 0 saturated heterocycles. The van der Waals surface area contributed by atoms with Crippen LogP contribution in [0.2, 0.25) is 0 Å². The Balaban J connectivity index is 4.27. The summed E-state index contributed by atoms with van der Waals surface area (Å²) in [5.74, 6) is -0.890. The fourth-order valence-corrected chi connectivity index (χ4v) is 4.91. The molecule has 0 bridgehead atoms. The zero-order chi connectivity index (χ0) is 30.2. The molecule has 0 radical (unpaired) electrons. The van der Waals surface area contributed by atoms with Crippen LogP contribution in [0.15, 0.2) is 0 Å². The molecular weight excluding hydrogens is 516 g/mol. The Morgan fingerprint density at radius 1 is 0.390 bits per heavy atom. The molecule has 242 valence electrons. The van der Waals surface area contributed by atoms with Crippen molar-refractivity contribution in [3.8, 4) is 0 Å². The van der Waals surface area contributed by atoms with Gasteiger partial charge in [0, 0.05) is 19.3 Å². The highest BCUT2D eigenvalue weighted by molar-refractivity contribution is 5.71. The highest BCUT2D eigenvalue weighted by Gasteiger charge is 2.19. The van der Waals surface area contributed by atoms with Crippen LogP contribution in [0.25, 0.3) is 0 Å². The van der Waals surface area contributed by atoms with E-state index in [0.717, 1.165) is 64.2 Å². The smallest absolute Gasteiger partial charge is 0.306 e. The van der Waals surface area contributed by atoms with Gasteiger partial charge in [-0.3, -0.25) is 14.4 Å². The highest BCUT2D eigenvalue weighted by atomic mass is 16.6. The number of ether oxygens (including phenoxy) is 3. The van der Waals surface area contributed by atoms with Crippen LogP contribution in [0.3, 0.4) is 0 Å². The van der Waals surface area contributed by atoms with Crippen molar-refractivity contribution < 1.29 is 28.6 Å². The van der Waals surface area contributed by atoms with Crippen LogP contribution in [-0.4, -0.2) is 37.2 Å². The molecule has 0 aromatic carbocycles. The minimum Gasteiger partial charge on any atom is -0.462 e. The molecule has 1 atom stereocenters. The second kappa shape index (κ2) is 31.3. The second-order valence-corrected chi connectivity index (χ2v) is 11.8. The first-order valence-electron chi connectivity index (χ1n) is 17.5. The van der Waals surface area contributed by atoms with Gasteiger partial charge in [0.15, 0.2) is 6.10 Å². The first kappa shape index (κ1) is 39.4. The van der Waals surface area contributed by atoms with Crippen molar-refractivity contribution >= 4 is 17.9 Å². The lowest BCUT2D eigenvalue weighted by molar-refractivity contribution is -0.167. The van der Waals surface area contributed by atoms with Crippen LogP contribution in [0.1, 0.15) is 188 Å². The molecule has 0 aromatic rings. The molecule has 0 heterocycles. The predicted molar refractivity (Wildman–Crippen MR) is 169 cm³/mol. The van der Waals surface area contributed by atoms with Gasteiger partial charge < -0.3 is 14.2 Å². The van der Waals surface area contributed by atoms with Crippen LogP contribution in [0.5, 0.6) is 0 Å². The molecule has 0 aliphatic carbocycles. The van der Waals surface area contributed by atoms with Crippen molar-refractivity contribution in [3.05, 3.63) is 0 Å². The van der Waals surface area contributed by atoms with E-state index < -0.39 is 6.10 Å². The van der Waals surface area contributed by atoms with Gasteiger partial charge in [-0.1, -0.05) is 149 Å². The van der Waals surface area contributed by atoms with Crippen LogP contribution >= 0.6 is 0 Å². The van der Waals surface area contributed by atoms with Crippen LogP contribution < -0.4 is 0 Å². The predicted octanol–water partition coefficient (Wildman–Crippen LogP) is 10.2. The van der Waals surface area contributed by atoms with Crippen molar-refractivity contribution in [1.29, 1.82) is 0 Å². The van der Waals surface area contributed by atoms with Crippen molar-refractivity contribution in [1.82, 2.24) is 0 Å². The summed E-state index contributed by atoms with van der Waals surface area (Å²) in [4.78, 5) is 36.9. The Bertz CT molecular complexity index is 605. The summed E-state index contributed by atoms with van der Waals surface area (Å²) < 4.78 is 16.4. The summed E-state index contributed by atoms with van der Waals surface area (Å²) >= 11 is 0. The van der Waals surface area contributed by atoms with Gasteiger partial charge in [0.25, 0.3) is 0 Å². The molecule has 0 fully saturated rings. The number of carbonyl (C=O) groups is 3. The van der Waals surface area contributed by atoms with Crippen molar-refractivity contribution in [2.24, 2.45) is 0 Å². The zero-order valence-corrected chi connectivity index (χ0v) is 27.3. The molecular formula is C35H66O6. The molecule has 0 amide bonds. The number of hydrogen-bond donors (Lipinski definition) is 0. The lowest BCUT2D eigenvalue weighted by atomic mass is 10.1. The molecule has 0 saturated carbocycles. The van der Waals surface area contributed by atoms with Gasteiger partial charge in [-0.25, -0.2) is 0 Å². The number of unbranched alkanes of at least 4 members (excludes halogenated alkanes) is 20. The molecule has 0 unspecified atom stereocenters. The summed E-state index contributed by atoms with van der Waals surface area (Å²) in [5.41, 5.74) is 0. The number of carbonyl (C=O) groups excluding carboxylic acids is 3. The molecule has 0 rings (SSSR count). The summed E-state index contributed by atoms with van der Waals surface area (Å²) in [5, 5.41) is 0. The maximum Gasteiger partial charge on any atom is 0.306 e. The van der Waals surface area contributed by atoms with E-state index in [1.807, 2.05) is 0 Å². The number of hydrogen-bond acceptors (Lipinski definition) is 6. The van der Waals surface area contributed by atoms with Crippen LogP contribution in [0, 0.1) is 0 Å². The largest absolute Gasteiger partial charge is 0.462 e. The standard InChI is InChI=1S/C35H66O6/c1-4-7-10-13-15-16-17-18-20-22-25-28-34(37)40-31-32(30-39-33(36)27-24-21-12-9-6-3)41-35(38)29-26-23-19-14-11-8-5-2/h32H,4-31H2,1-3H3/t32-/m1/s1. The molecule has 6 nitrogen and oxygen atoms in total. The summed E-state index contributed by atoms with van der Waals surface area (Å²) in [6.07, 6.45) is 26.9. The van der Waals surface area contributed by atoms with Gasteiger partial charge in [0.2, 0.25) is 0 Å². The maximum atomic E-state index is 12.4. The molecule has 0 aromatic heterocycles. The van der Waals surface area contributed by atoms with Gasteiger partial charge in [-0.2, -0.15) is 0 Å². The number of esters is 3. The Morgan fingerprint density at radius 3 is 0.976 bits per heavy atom. The Hall–Kier alpha value is -1.59. The zero-order valence-electron chi connectivity index (χ0n) is 27.3. The fraction of sp³-hybridized carbons (Fsp3) is 0.914. The number of rotatable bonds is 31. The molecule has 0 aliphatic heterocycles.